The van der Waals surface area contributed by atoms with E-state index in [1.807, 2.05) is 6.92 Å². The number of benzene rings is 1. The quantitative estimate of drug-likeness (QED) is 0.577. The van der Waals surface area contributed by atoms with Crippen LogP contribution in [-0.2, 0) is 11.3 Å². The lowest BCUT2D eigenvalue weighted by Crippen LogP contribution is -3.14. The predicted octanol–water partition coefficient (Wildman–Crippen LogP) is 0.316. The van der Waals surface area contributed by atoms with Gasteiger partial charge in [-0.25, -0.2) is 0 Å². The molecule has 2 aliphatic rings. The number of hydrogen-bond acceptors (Lipinski definition) is 8. The fraction of sp³-hybridized carbons (Fsp3) is 0.440. The van der Waals surface area contributed by atoms with Gasteiger partial charge in [0.05, 0.1) is 59.1 Å². The molecule has 1 aromatic carbocycles. The van der Waals surface area contributed by atoms with Crippen LogP contribution in [0.15, 0.2) is 34.4 Å². The number of nitriles is 1. The van der Waals surface area contributed by atoms with Gasteiger partial charge in [-0.1, -0.05) is 6.07 Å². The average molecular weight is 484 g/mol. The molecular formula is C25H31N4O6+. The van der Waals surface area contributed by atoms with Gasteiger partial charge in [0.1, 0.15) is 30.5 Å². The smallest absolute Gasteiger partial charge is 0.258 e. The summed E-state index contributed by atoms with van der Waals surface area (Å²) in [5.41, 5.74) is 7.72. The van der Waals surface area contributed by atoms with E-state index in [-0.39, 0.29) is 17.0 Å². The van der Waals surface area contributed by atoms with E-state index in [1.54, 1.807) is 22.8 Å². The minimum absolute atomic E-state index is 0.0452. The second-order valence-electron chi connectivity index (χ2n) is 8.48. The summed E-state index contributed by atoms with van der Waals surface area (Å²) in [6.07, 6.45) is 0. The van der Waals surface area contributed by atoms with Crippen molar-refractivity contribution in [2.75, 3.05) is 54.2 Å². The van der Waals surface area contributed by atoms with Crippen LogP contribution < -0.4 is 35.1 Å². The molecule has 1 aromatic heterocycles. The van der Waals surface area contributed by atoms with Crippen LogP contribution in [0.2, 0.25) is 0 Å². The Hall–Kier alpha value is -3.68. The van der Waals surface area contributed by atoms with Gasteiger partial charge in [-0.05, 0) is 13.0 Å². The summed E-state index contributed by atoms with van der Waals surface area (Å²) in [5, 5.41) is 10.0. The number of nitrogens with one attached hydrogen (secondary N) is 1. The number of fused-ring (bicyclic) bond motifs is 1. The van der Waals surface area contributed by atoms with Crippen molar-refractivity contribution >= 4 is 0 Å². The Bertz CT molecular complexity index is 1240. The maximum Gasteiger partial charge on any atom is 0.258 e. The number of rotatable bonds is 7. The Morgan fingerprint density at radius 2 is 1.89 bits per heavy atom. The zero-order valence-electron chi connectivity index (χ0n) is 20.5. The van der Waals surface area contributed by atoms with Crippen molar-refractivity contribution in [1.82, 2.24) is 4.57 Å². The minimum Gasteiger partial charge on any atom is -0.493 e. The highest BCUT2D eigenvalue weighted by atomic mass is 16.5. The first-order valence-electron chi connectivity index (χ1n) is 11.5. The van der Waals surface area contributed by atoms with Gasteiger partial charge in [-0.3, -0.25) is 4.79 Å². The Kier molecular flexibility index (Phi) is 7.19. The Morgan fingerprint density at radius 3 is 2.51 bits per heavy atom. The molecule has 1 fully saturated rings. The topological polar surface area (TPSA) is 122 Å². The maximum absolute atomic E-state index is 13.9. The van der Waals surface area contributed by atoms with Crippen molar-refractivity contribution in [1.29, 1.82) is 5.26 Å². The molecule has 2 aliphatic heterocycles. The van der Waals surface area contributed by atoms with E-state index in [2.05, 4.69) is 6.07 Å². The van der Waals surface area contributed by atoms with Crippen molar-refractivity contribution in [3.63, 3.8) is 0 Å². The molecule has 10 nitrogen and oxygen atoms in total. The molecule has 0 bridgehead atoms. The van der Waals surface area contributed by atoms with Gasteiger partial charge in [-0.2, -0.15) is 5.26 Å². The lowest BCUT2D eigenvalue weighted by molar-refractivity contribution is -0.908. The fourth-order valence-electron chi connectivity index (χ4n) is 4.81. The first-order valence-corrected chi connectivity index (χ1v) is 11.5. The normalized spacial score (nSPS) is 17.9. The summed E-state index contributed by atoms with van der Waals surface area (Å²) in [5.74, 6) is 0.672. The fourth-order valence-corrected chi connectivity index (χ4v) is 4.81. The number of nitrogens with two attached hydrogens (primary N) is 1. The monoisotopic (exact) mass is 483 g/mol. The van der Waals surface area contributed by atoms with Crippen LogP contribution in [0, 0.1) is 18.3 Å². The molecule has 2 aromatic rings. The summed E-state index contributed by atoms with van der Waals surface area (Å²) in [4.78, 5) is 15.3. The third-order valence-corrected chi connectivity index (χ3v) is 6.62. The van der Waals surface area contributed by atoms with Gasteiger partial charge in [0.25, 0.3) is 5.56 Å². The first-order chi connectivity index (χ1) is 16.9. The van der Waals surface area contributed by atoms with E-state index in [1.165, 1.54) is 26.2 Å². The summed E-state index contributed by atoms with van der Waals surface area (Å²) in [7, 11) is 4.53. The van der Waals surface area contributed by atoms with Crippen LogP contribution >= 0.6 is 0 Å². The molecule has 0 radical (unpaired) electrons. The zero-order chi connectivity index (χ0) is 25.1. The molecule has 0 unspecified atom stereocenters. The number of quaternary nitrogens is 1. The number of methoxy groups -OCH3 is 3. The summed E-state index contributed by atoms with van der Waals surface area (Å²) in [6.45, 7) is 6.44. The Labute approximate surface area is 204 Å². The van der Waals surface area contributed by atoms with E-state index >= 15 is 0 Å². The minimum atomic E-state index is -0.798. The van der Waals surface area contributed by atoms with Gasteiger partial charge >= 0.3 is 0 Å². The molecular weight excluding hydrogens is 452 g/mol. The van der Waals surface area contributed by atoms with Crippen LogP contribution in [0.25, 0.3) is 0 Å². The number of ether oxygens (including phenoxy) is 5. The van der Waals surface area contributed by atoms with Crippen molar-refractivity contribution in [2.24, 2.45) is 5.73 Å². The highest BCUT2D eigenvalue weighted by molar-refractivity contribution is 5.64. The lowest BCUT2D eigenvalue weighted by atomic mass is 9.83. The van der Waals surface area contributed by atoms with Gasteiger partial charge in [-0.15, -0.1) is 0 Å². The molecule has 1 atom stereocenters. The summed E-state index contributed by atoms with van der Waals surface area (Å²) in [6, 6.07) is 7.41. The van der Waals surface area contributed by atoms with E-state index in [0.29, 0.717) is 40.7 Å². The highest BCUT2D eigenvalue weighted by Crippen LogP contribution is 2.48. The average Bonchev–Trinajstić information content (AvgIpc) is 2.87. The molecule has 0 amide bonds. The van der Waals surface area contributed by atoms with Crippen molar-refractivity contribution in [2.45, 2.75) is 19.4 Å². The summed E-state index contributed by atoms with van der Waals surface area (Å²) < 4.78 is 29.6. The van der Waals surface area contributed by atoms with Crippen molar-refractivity contribution in [3.05, 3.63) is 56.8 Å². The van der Waals surface area contributed by atoms with Crippen LogP contribution in [-0.4, -0.2) is 58.7 Å². The SMILES string of the molecule is COc1ccc([C@H]2C(C#N)=C(N)Oc3cc(C)n(CC[NH+]4CCOCC4)c(=O)c32)c(OC)c1OC. The second-order valence-corrected chi connectivity index (χ2v) is 8.48. The maximum atomic E-state index is 13.9. The number of aromatic nitrogens is 1. The second kappa shape index (κ2) is 10.3. The van der Waals surface area contributed by atoms with Gasteiger partial charge in [0.15, 0.2) is 11.5 Å². The molecule has 0 spiro atoms. The highest BCUT2D eigenvalue weighted by Gasteiger charge is 2.37. The van der Waals surface area contributed by atoms with E-state index in [9.17, 15) is 10.1 Å². The lowest BCUT2D eigenvalue weighted by Gasteiger charge is -2.29. The molecule has 0 saturated carbocycles. The number of allylic oxidation sites excluding steroid dienone is 1. The zero-order valence-corrected chi connectivity index (χ0v) is 20.5. The van der Waals surface area contributed by atoms with Crippen LogP contribution in [0.1, 0.15) is 22.7 Å². The van der Waals surface area contributed by atoms with Gasteiger partial charge in [0, 0.05) is 17.3 Å². The summed E-state index contributed by atoms with van der Waals surface area (Å²) >= 11 is 0. The Balaban J connectivity index is 1.87. The van der Waals surface area contributed by atoms with Gasteiger partial charge in [0.2, 0.25) is 11.6 Å². The third-order valence-electron chi connectivity index (χ3n) is 6.62. The number of nitrogens with zero attached hydrogens (tertiary/aromatic N) is 2. The predicted molar refractivity (Wildman–Crippen MR) is 127 cm³/mol. The van der Waals surface area contributed by atoms with Crippen LogP contribution in [0.5, 0.6) is 23.0 Å². The van der Waals surface area contributed by atoms with E-state index < -0.39 is 5.92 Å². The largest absolute Gasteiger partial charge is 0.493 e. The first kappa shape index (κ1) is 24.4. The van der Waals surface area contributed by atoms with Crippen LogP contribution in [0.4, 0.5) is 0 Å². The number of morpholine rings is 1. The number of aryl methyl sites for hydroxylation is 1. The Morgan fingerprint density at radius 1 is 1.17 bits per heavy atom. The molecule has 0 aliphatic carbocycles. The van der Waals surface area contributed by atoms with Crippen molar-refractivity contribution < 1.29 is 28.6 Å². The molecule has 35 heavy (non-hydrogen) atoms. The molecule has 1 saturated heterocycles. The van der Waals surface area contributed by atoms with E-state index in [4.69, 9.17) is 29.4 Å². The molecule has 3 heterocycles. The van der Waals surface area contributed by atoms with Gasteiger partial charge < -0.3 is 38.9 Å². The van der Waals surface area contributed by atoms with Crippen molar-refractivity contribution in [3.8, 4) is 29.1 Å². The number of pyridine rings is 1. The number of hydrogen-bond donors (Lipinski definition) is 2. The third kappa shape index (κ3) is 4.40. The van der Waals surface area contributed by atoms with Crippen LogP contribution in [0.3, 0.4) is 0 Å². The molecule has 4 rings (SSSR count). The standard InChI is InChI=1S/C25H30N4O6/c1-15-13-19-21(25(30)29(15)8-7-28-9-11-34-12-10-28)20(17(14-26)24(27)35-19)16-5-6-18(31-2)23(33-4)22(16)32-3/h5-6,13,20H,7-12,27H2,1-4H3/p+1/t20-/m0/s1. The molecule has 186 valence electrons. The molecule has 3 N–H and O–H groups in total. The molecule has 10 heteroatoms. The van der Waals surface area contributed by atoms with E-state index in [0.717, 1.165) is 38.5 Å².